The molecule has 2 N–H and O–H groups in total. The van der Waals surface area contributed by atoms with Crippen LogP contribution in [0.1, 0.15) is 32.6 Å². The molecule has 2 amide bonds. The van der Waals surface area contributed by atoms with E-state index in [9.17, 15) is 14.4 Å². The molecular weight excluding hydrogens is 264 g/mol. The Balaban J connectivity index is 2.39. The lowest BCUT2D eigenvalue weighted by Crippen LogP contribution is -2.49. The van der Waals surface area contributed by atoms with Crippen LogP contribution >= 0.6 is 0 Å². The third kappa shape index (κ3) is 5.56. The van der Waals surface area contributed by atoms with Gasteiger partial charge in [0.05, 0.1) is 25.7 Å². The van der Waals surface area contributed by atoms with Crippen molar-refractivity contribution in [1.82, 2.24) is 10.2 Å². The maximum Gasteiger partial charge on any atom is 0.305 e. The first-order chi connectivity index (χ1) is 9.54. The molecule has 7 nitrogen and oxygen atoms in total. The Morgan fingerprint density at radius 2 is 2.10 bits per heavy atom. The lowest BCUT2D eigenvalue weighted by atomic mass is 10.1. The fraction of sp³-hybridized carbons (Fsp3) is 0.769. The summed E-state index contributed by atoms with van der Waals surface area (Å²) in [6.45, 7) is 3.52. The van der Waals surface area contributed by atoms with Crippen molar-refractivity contribution in [3.63, 3.8) is 0 Å². The third-order valence-corrected chi connectivity index (χ3v) is 3.13. The molecule has 1 aliphatic heterocycles. The minimum Gasteiger partial charge on any atom is -0.481 e. The van der Waals surface area contributed by atoms with E-state index in [4.69, 9.17) is 9.84 Å². The van der Waals surface area contributed by atoms with Gasteiger partial charge in [-0.05, 0) is 13.3 Å². The second-order valence-corrected chi connectivity index (χ2v) is 4.72. The average molecular weight is 286 g/mol. The van der Waals surface area contributed by atoms with E-state index in [0.29, 0.717) is 32.5 Å². The highest BCUT2D eigenvalue weighted by Crippen LogP contribution is 2.13. The lowest BCUT2D eigenvalue weighted by Gasteiger charge is -2.34. The summed E-state index contributed by atoms with van der Waals surface area (Å²) in [5.41, 5.74) is 0. The van der Waals surface area contributed by atoms with Gasteiger partial charge < -0.3 is 20.1 Å². The number of carboxylic acids is 1. The molecule has 1 fully saturated rings. The van der Waals surface area contributed by atoms with Gasteiger partial charge >= 0.3 is 5.97 Å². The molecule has 0 aromatic carbocycles. The van der Waals surface area contributed by atoms with Gasteiger partial charge in [-0.1, -0.05) is 0 Å². The van der Waals surface area contributed by atoms with Gasteiger partial charge in [-0.25, -0.2) is 0 Å². The van der Waals surface area contributed by atoms with Gasteiger partial charge in [-0.15, -0.1) is 0 Å². The molecule has 0 radical (unpaired) electrons. The standard InChI is InChI=1S/C13H22N2O5/c1-2-14-11(16)4-3-5-12(17)15-6-7-20-9-10(15)8-13(18)19/h10H,2-9H2,1H3,(H,14,16)(H,18,19). The second-order valence-electron chi connectivity index (χ2n) is 4.72. The molecule has 7 heteroatoms. The quantitative estimate of drug-likeness (QED) is 0.686. The molecule has 0 saturated carbocycles. The number of ether oxygens (including phenoxy) is 1. The molecule has 1 atom stereocenters. The van der Waals surface area contributed by atoms with E-state index in [2.05, 4.69) is 5.32 Å². The smallest absolute Gasteiger partial charge is 0.305 e. The molecule has 1 saturated heterocycles. The largest absolute Gasteiger partial charge is 0.481 e. The number of carbonyl (C=O) groups excluding carboxylic acids is 2. The highest BCUT2D eigenvalue weighted by atomic mass is 16.5. The minimum absolute atomic E-state index is 0.0654. The number of nitrogens with zero attached hydrogens (tertiary/aromatic N) is 1. The number of aliphatic carboxylic acids is 1. The third-order valence-electron chi connectivity index (χ3n) is 3.13. The van der Waals surface area contributed by atoms with Gasteiger partial charge in [-0.3, -0.25) is 14.4 Å². The highest BCUT2D eigenvalue weighted by molar-refractivity contribution is 5.79. The second kappa shape index (κ2) is 8.52. The van der Waals surface area contributed by atoms with Crippen LogP contribution < -0.4 is 5.32 Å². The number of carbonyl (C=O) groups is 3. The zero-order chi connectivity index (χ0) is 15.0. The van der Waals surface area contributed by atoms with E-state index in [1.54, 1.807) is 4.90 Å². The summed E-state index contributed by atoms with van der Waals surface area (Å²) < 4.78 is 5.22. The van der Waals surface area contributed by atoms with Gasteiger partial charge in [0, 0.05) is 25.9 Å². The summed E-state index contributed by atoms with van der Waals surface area (Å²) in [6, 6.07) is -0.404. The first-order valence-electron chi connectivity index (χ1n) is 6.90. The Morgan fingerprint density at radius 3 is 2.75 bits per heavy atom. The minimum atomic E-state index is -0.944. The monoisotopic (exact) mass is 286 g/mol. The van der Waals surface area contributed by atoms with Crippen molar-refractivity contribution in [3.8, 4) is 0 Å². The molecule has 0 aromatic heterocycles. The van der Waals surface area contributed by atoms with Crippen LogP contribution in [-0.4, -0.2) is 60.1 Å². The Hall–Kier alpha value is -1.63. The van der Waals surface area contributed by atoms with Crippen LogP contribution in [0, 0.1) is 0 Å². The van der Waals surface area contributed by atoms with Crippen LogP contribution in [0.5, 0.6) is 0 Å². The van der Waals surface area contributed by atoms with E-state index in [-0.39, 0.29) is 31.3 Å². The fourth-order valence-corrected chi connectivity index (χ4v) is 2.18. The van der Waals surface area contributed by atoms with Crippen LogP contribution in [0.3, 0.4) is 0 Å². The number of amides is 2. The maximum atomic E-state index is 12.1. The number of morpholine rings is 1. The number of nitrogens with one attached hydrogen (secondary N) is 1. The molecule has 1 rings (SSSR count). The Morgan fingerprint density at radius 1 is 1.35 bits per heavy atom. The highest BCUT2D eigenvalue weighted by Gasteiger charge is 2.28. The normalized spacial score (nSPS) is 18.6. The molecule has 114 valence electrons. The Kier molecular flexibility index (Phi) is 7.00. The molecule has 1 aliphatic rings. The van der Waals surface area contributed by atoms with Crippen molar-refractivity contribution in [3.05, 3.63) is 0 Å². The van der Waals surface area contributed by atoms with Crippen molar-refractivity contribution in [2.24, 2.45) is 0 Å². The summed E-state index contributed by atoms with van der Waals surface area (Å²) in [5, 5.41) is 11.5. The van der Waals surface area contributed by atoms with Crippen LogP contribution in [-0.2, 0) is 19.1 Å². The van der Waals surface area contributed by atoms with Crippen LogP contribution in [0.25, 0.3) is 0 Å². The zero-order valence-corrected chi connectivity index (χ0v) is 11.8. The predicted octanol–water partition coefficient (Wildman–Crippen LogP) is -0.00510. The maximum absolute atomic E-state index is 12.1. The Bertz CT molecular complexity index is 359. The van der Waals surface area contributed by atoms with Crippen molar-refractivity contribution in [1.29, 1.82) is 0 Å². The summed E-state index contributed by atoms with van der Waals surface area (Å²) in [4.78, 5) is 35.7. The number of rotatable bonds is 7. The lowest BCUT2D eigenvalue weighted by molar-refractivity contribution is -0.146. The van der Waals surface area contributed by atoms with Crippen molar-refractivity contribution in [2.45, 2.75) is 38.6 Å². The van der Waals surface area contributed by atoms with Gasteiger partial charge in [-0.2, -0.15) is 0 Å². The van der Waals surface area contributed by atoms with Gasteiger partial charge in [0.15, 0.2) is 0 Å². The van der Waals surface area contributed by atoms with Gasteiger partial charge in [0.2, 0.25) is 11.8 Å². The number of hydrogen-bond donors (Lipinski definition) is 2. The first-order valence-corrected chi connectivity index (χ1v) is 6.90. The average Bonchev–Trinajstić information content (AvgIpc) is 2.38. The SMILES string of the molecule is CCNC(=O)CCCC(=O)N1CCOCC1CC(=O)O. The summed E-state index contributed by atoms with van der Waals surface area (Å²) in [6.07, 6.45) is 0.935. The van der Waals surface area contributed by atoms with Crippen LogP contribution in [0.4, 0.5) is 0 Å². The Labute approximate surface area is 118 Å². The van der Waals surface area contributed by atoms with Crippen molar-refractivity contribution < 1.29 is 24.2 Å². The molecular formula is C13H22N2O5. The molecule has 0 spiro atoms. The number of hydrogen-bond acceptors (Lipinski definition) is 4. The fourth-order valence-electron chi connectivity index (χ4n) is 2.18. The molecule has 0 aliphatic carbocycles. The van der Waals surface area contributed by atoms with E-state index in [1.807, 2.05) is 6.92 Å². The predicted molar refractivity (Wildman–Crippen MR) is 71.1 cm³/mol. The summed E-state index contributed by atoms with van der Waals surface area (Å²) in [7, 11) is 0. The summed E-state index contributed by atoms with van der Waals surface area (Å²) >= 11 is 0. The summed E-state index contributed by atoms with van der Waals surface area (Å²) in [5.74, 6) is -1.12. The topological polar surface area (TPSA) is 95.9 Å². The first kappa shape index (κ1) is 16.4. The van der Waals surface area contributed by atoms with E-state index >= 15 is 0 Å². The molecule has 1 heterocycles. The molecule has 0 aromatic rings. The van der Waals surface area contributed by atoms with Crippen molar-refractivity contribution >= 4 is 17.8 Å². The van der Waals surface area contributed by atoms with E-state index in [1.165, 1.54) is 0 Å². The molecule has 20 heavy (non-hydrogen) atoms. The van der Waals surface area contributed by atoms with E-state index < -0.39 is 12.0 Å². The van der Waals surface area contributed by atoms with Crippen molar-refractivity contribution in [2.75, 3.05) is 26.3 Å². The molecule has 0 bridgehead atoms. The van der Waals surface area contributed by atoms with Gasteiger partial charge in [0.1, 0.15) is 0 Å². The van der Waals surface area contributed by atoms with Crippen LogP contribution in [0.15, 0.2) is 0 Å². The zero-order valence-electron chi connectivity index (χ0n) is 11.8. The van der Waals surface area contributed by atoms with E-state index in [0.717, 1.165) is 0 Å². The molecule has 1 unspecified atom stereocenters. The van der Waals surface area contributed by atoms with Gasteiger partial charge in [0.25, 0.3) is 0 Å². The number of carboxylic acid groups (broad SMARTS) is 1. The van der Waals surface area contributed by atoms with Crippen LogP contribution in [0.2, 0.25) is 0 Å².